The first-order valence-electron chi connectivity index (χ1n) is 5.57. The summed E-state index contributed by atoms with van der Waals surface area (Å²) in [7, 11) is 0. The number of nitrogens with zero attached hydrogens (tertiary/aromatic N) is 1. The lowest BCUT2D eigenvalue weighted by Gasteiger charge is -2.10. The van der Waals surface area contributed by atoms with E-state index in [0.29, 0.717) is 22.9 Å². The Bertz CT molecular complexity index is 602. The van der Waals surface area contributed by atoms with Crippen LogP contribution in [-0.4, -0.2) is 0 Å². The predicted octanol–water partition coefficient (Wildman–Crippen LogP) is 4.10. The number of para-hydroxylation sites is 1. The highest BCUT2D eigenvalue weighted by Crippen LogP contribution is 2.24. The molecule has 0 amide bonds. The lowest BCUT2D eigenvalue weighted by atomic mass is 10.1. The van der Waals surface area contributed by atoms with Crippen molar-refractivity contribution in [3.05, 3.63) is 64.2 Å². The van der Waals surface area contributed by atoms with Gasteiger partial charge in [-0.2, -0.15) is 5.26 Å². The molecule has 0 aromatic heterocycles. The molecule has 0 saturated carbocycles. The van der Waals surface area contributed by atoms with Crippen molar-refractivity contribution in [1.82, 2.24) is 0 Å². The number of ether oxygens (including phenoxy) is 1. The molecule has 0 atom stereocenters. The van der Waals surface area contributed by atoms with Gasteiger partial charge in [0.05, 0.1) is 5.56 Å². The van der Waals surface area contributed by atoms with E-state index in [1.807, 2.05) is 43.3 Å². The second kappa shape index (κ2) is 5.57. The Morgan fingerprint density at radius 2 is 2.00 bits per heavy atom. The maximum Gasteiger partial charge on any atom is 0.140 e. The molecule has 2 nitrogen and oxygen atoms in total. The number of hydrogen-bond donors (Lipinski definition) is 0. The number of hydrogen-bond acceptors (Lipinski definition) is 2. The molecule has 0 fully saturated rings. The van der Waals surface area contributed by atoms with E-state index in [4.69, 9.17) is 21.6 Å². The molecular weight excluding hydrogens is 246 g/mol. The van der Waals surface area contributed by atoms with Crippen LogP contribution in [0.5, 0.6) is 5.75 Å². The van der Waals surface area contributed by atoms with Gasteiger partial charge in [-0.15, -0.1) is 0 Å². The third kappa shape index (κ3) is 2.82. The summed E-state index contributed by atoms with van der Waals surface area (Å²) < 4.78 is 5.72. The van der Waals surface area contributed by atoms with Gasteiger partial charge < -0.3 is 4.74 Å². The first-order valence-corrected chi connectivity index (χ1v) is 5.95. The number of benzene rings is 2. The molecule has 0 aliphatic carbocycles. The summed E-state index contributed by atoms with van der Waals surface area (Å²) in [6.07, 6.45) is 0. The Kier molecular flexibility index (Phi) is 3.86. The lowest BCUT2D eigenvalue weighted by molar-refractivity contribution is 0.303. The number of nitriles is 1. The summed E-state index contributed by atoms with van der Waals surface area (Å²) in [5.41, 5.74) is 2.49. The van der Waals surface area contributed by atoms with Crippen molar-refractivity contribution in [3.8, 4) is 11.8 Å². The topological polar surface area (TPSA) is 33.0 Å². The van der Waals surface area contributed by atoms with Crippen LogP contribution in [0.15, 0.2) is 42.5 Å². The van der Waals surface area contributed by atoms with E-state index in [2.05, 4.69) is 6.07 Å². The van der Waals surface area contributed by atoms with Crippen LogP contribution < -0.4 is 4.74 Å². The molecule has 0 aliphatic heterocycles. The van der Waals surface area contributed by atoms with Crippen LogP contribution in [0.3, 0.4) is 0 Å². The van der Waals surface area contributed by atoms with Crippen molar-refractivity contribution in [2.24, 2.45) is 0 Å². The molecule has 0 heterocycles. The molecule has 0 spiro atoms. The molecule has 2 aromatic rings. The van der Waals surface area contributed by atoms with E-state index < -0.39 is 0 Å². The molecule has 3 heteroatoms. The van der Waals surface area contributed by atoms with Crippen LogP contribution in [0.1, 0.15) is 16.7 Å². The smallest absolute Gasteiger partial charge is 0.140 e. The van der Waals surface area contributed by atoms with Gasteiger partial charge in [0.1, 0.15) is 18.4 Å². The Morgan fingerprint density at radius 1 is 1.22 bits per heavy atom. The highest BCUT2D eigenvalue weighted by atomic mass is 35.5. The zero-order valence-corrected chi connectivity index (χ0v) is 10.7. The Balaban J connectivity index is 2.18. The standard InChI is InChI=1S/C15H12ClNO/c1-11-4-2-6-13(9-17)15(11)18-10-12-5-3-7-14(16)8-12/h2-8H,10H2,1H3. The molecular formula is C15H12ClNO. The molecule has 0 radical (unpaired) electrons. The van der Waals surface area contributed by atoms with Crippen LogP contribution >= 0.6 is 11.6 Å². The lowest BCUT2D eigenvalue weighted by Crippen LogP contribution is -1.99. The number of halogens is 1. The maximum atomic E-state index is 9.03. The molecule has 0 N–H and O–H groups in total. The highest BCUT2D eigenvalue weighted by Gasteiger charge is 2.06. The number of aryl methyl sites for hydroxylation is 1. The van der Waals surface area contributed by atoms with Gasteiger partial charge in [-0.25, -0.2) is 0 Å². The second-order valence-corrected chi connectivity index (χ2v) is 4.42. The number of rotatable bonds is 3. The fourth-order valence-corrected chi connectivity index (χ4v) is 1.93. The van der Waals surface area contributed by atoms with Crippen molar-refractivity contribution < 1.29 is 4.74 Å². The molecule has 90 valence electrons. The SMILES string of the molecule is Cc1cccc(C#N)c1OCc1cccc(Cl)c1. The summed E-state index contributed by atoms with van der Waals surface area (Å²) in [4.78, 5) is 0. The minimum absolute atomic E-state index is 0.403. The largest absolute Gasteiger partial charge is 0.487 e. The van der Waals surface area contributed by atoms with E-state index in [-0.39, 0.29) is 0 Å². The van der Waals surface area contributed by atoms with Crippen molar-refractivity contribution in [1.29, 1.82) is 5.26 Å². The summed E-state index contributed by atoms with van der Waals surface area (Å²) in [6, 6.07) is 15.1. The third-order valence-electron chi connectivity index (χ3n) is 2.60. The van der Waals surface area contributed by atoms with E-state index in [1.165, 1.54) is 0 Å². The van der Waals surface area contributed by atoms with E-state index in [1.54, 1.807) is 6.07 Å². The Labute approximate surface area is 111 Å². The molecule has 2 aromatic carbocycles. The van der Waals surface area contributed by atoms with Crippen LogP contribution in [0.4, 0.5) is 0 Å². The van der Waals surface area contributed by atoms with Gasteiger partial charge in [-0.05, 0) is 36.2 Å². The molecule has 18 heavy (non-hydrogen) atoms. The van der Waals surface area contributed by atoms with Gasteiger partial charge in [-0.3, -0.25) is 0 Å². The van der Waals surface area contributed by atoms with Gasteiger partial charge in [0, 0.05) is 5.02 Å². The minimum Gasteiger partial charge on any atom is -0.487 e. The Morgan fingerprint density at radius 3 is 2.72 bits per heavy atom. The van der Waals surface area contributed by atoms with Crippen molar-refractivity contribution in [2.75, 3.05) is 0 Å². The molecule has 0 aliphatic rings. The fraction of sp³-hybridized carbons (Fsp3) is 0.133. The van der Waals surface area contributed by atoms with Gasteiger partial charge in [0.15, 0.2) is 0 Å². The van der Waals surface area contributed by atoms with Crippen LogP contribution in [0.2, 0.25) is 5.02 Å². The first kappa shape index (κ1) is 12.5. The minimum atomic E-state index is 0.403. The summed E-state index contributed by atoms with van der Waals surface area (Å²) >= 11 is 5.91. The summed E-state index contributed by atoms with van der Waals surface area (Å²) in [5.74, 6) is 0.639. The van der Waals surface area contributed by atoms with Crippen LogP contribution in [-0.2, 0) is 6.61 Å². The summed E-state index contributed by atoms with van der Waals surface area (Å²) in [6.45, 7) is 2.33. The molecule has 0 bridgehead atoms. The Hall–Kier alpha value is -1.98. The van der Waals surface area contributed by atoms with Gasteiger partial charge in [0.25, 0.3) is 0 Å². The van der Waals surface area contributed by atoms with Gasteiger partial charge in [0.2, 0.25) is 0 Å². The average Bonchev–Trinajstić information content (AvgIpc) is 2.37. The van der Waals surface area contributed by atoms with Crippen LogP contribution in [0.25, 0.3) is 0 Å². The van der Waals surface area contributed by atoms with Crippen LogP contribution in [0, 0.1) is 18.3 Å². The van der Waals surface area contributed by atoms with Gasteiger partial charge >= 0.3 is 0 Å². The monoisotopic (exact) mass is 257 g/mol. The molecule has 0 unspecified atom stereocenters. The first-order chi connectivity index (χ1) is 8.70. The van der Waals surface area contributed by atoms with Crippen molar-refractivity contribution in [2.45, 2.75) is 13.5 Å². The zero-order chi connectivity index (χ0) is 13.0. The van der Waals surface area contributed by atoms with Gasteiger partial charge in [-0.1, -0.05) is 35.9 Å². The van der Waals surface area contributed by atoms with E-state index in [9.17, 15) is 0 Å². The third-order valence-corrected chi connectivity index (χ3v) is 2.84. The average molecular weight is 258 g/mol. The maximum absolute atomic E-state index is 9.03. The van der Waals surface area contributed by atoms with E-state index >= 15 is 0 Å². The molecule has 2 rings (SSSR count). The second-order valence-electron chi connectivity index (χ2n) is 3.98. The fourth-order valence-electron chi connectivity index (χ4n) is 1.71. The van der Waals surface area contributed by atoms with Crippen molar-refractivity contribution >= 4 is 11.6 Å². The van der Waals surface area contributed by atoms with E-state index in [0.717, 1.165) is 11.1 Å². The normalized spacial score (nSPS) is 9.83. The highest BCUT2D eigenvalue weighted by molar-refractivity contribution is 6.30. The summed E-state index contributed by atoms with van der Waals surface area (Å²) in [5, 5.41) is 9.71. The zero-order valence-electron chi connectivity index (χ0n) is 9.98. The quantitative estimate of drug-likeness (QED) is 0.829. The predicted molar refractivity (Wildman–Crippen MR) is 71.7 cm³/mol. The van der Waals surface area contributed by atoms with Crippen molar-refractivity contribution in [3.63, 3.8) is 0 Å². The molecule has 0 saturated heterocycles.